The molecule has 0 saturated heterocycles. The van der Waals surface area contributed by atoms with Crippen LogP contribution in [0.15, 0.2) is 18.2 Å². The van der Waals surface area contributed by atoms with Crippen molar-refractivity contribution in [3.05, 3.63) is 35.4 Å². The van der Waals surface area contributed by atoms with E-state index >= 15 is 0 Å². The molecule has 21 heavy (non-hydrogen) atoms. The van der Waals surface area contributed by atoms with E-state index in [1.54, 1.807) is 0 Å². The molecule has 0 spiro atoms. The monoisotopic (exact) mass is 313 g/mol. The highest BCUT2D eigenvalue weighted by atomic mass is 19.4. The van der Waals surface area contributed by atoms with Crippen LogP contribution >= 0.6 is 0 Å². The Bertz CT molecular complexity index is 554. The molecule has 1 atom stereocenters. The van der Waals surface area contributed by atoms with E-state index in [9.17, 15) is 36.6 Å². The first-order valence-electron chi connectivity index (χ1n) is 5.18. The van der Waals surface area contributed by atoms with E-state index in [4.69, 9.17) is 0 Å². The van der Waals surface area contributed by atoms with Crippen LogP contribution in [0, 0.1) is 11.6 Å². The summed E-state index contributed by atoms with van der Waals surface area (Å²) >= 11 is 0. The van der Waals surface area contributed by atoms with E-state index in [2.05, 4.69) is 4.74 Å². The van der Waals surface area contributed by atoms with Gasteiger partial charge in [0.1, 0.15) is 17.2 Å². The van der Waals surface area contributed by atoms with Crippen LogP contribution in [0.4, 0.5) is 22.0 Å². The molecule has 5 nitrogen and oxygen atoms in total. The third-order valence-electron chi connectivity index (χ3n) is 2.38. The molecule has 0 aliphatic carbocycles. The van der Waals surface area contributed by atoms with Crippen LogP contribution in [0.5, 0.6) is 0 Å². The molecule has 0 fully saturated rings. The number of hydrogen-bond acceptors (Lipinski definition) is 4. The molecule has 0 heterocycles. The molecular formula is C11H8F5NO4. The van der Waals surface area contributed by atoms with Crippen molar-refractivity contribution in [1.82, 2.24) is 5.32 Å². The van der Waals surface area contributed by atoms with Gasteiger partial charge in [-0.3, -0.25) is 4.79 Å². The van der Waals surface area contributed by atoms with Gasteiger partial charge in [-0.2, -0.15) is 13.2 Å². The Morgan fingerprint density at radius 1 is 1.19 bits per heavy atom. The summed E-state index contributed by atoms with van der Waals surface area (Å²) in [5.74, 6) is -7.18. The maximum Gasteiger partial charge on any atom is 0.448 e. The molecule has 0 aromatic heterocycles. The summed E-state index contributed by atoms with van der Waals surface area (Å²) in [4.78, 5) is 22.5. The molecule has 1 aromatic rings. The number of amides is 1. The molecule has 0 bridgehead atoms. The van der Waals surface area contributed by atoms with Crippen molar-refractivity contribution in [2.24, 2.45) is 0 Å². The molecule has 0 radical (unpaired) electrons. The maximum absolute atomic E-state index is 13.3. The maximum atomic E-state index is 13.3. The first-order chi connectivity index (χ1) is 9.54. The van der Waals surface area contributed by atoms with Crippen molar-refractivity contribution in [3.63, 3.8) is 0 Å². The van der Waals surface area contributed by atoms with Crippen molar-refractivity contribution in [1.29, 1.82) is 0 Å². The van der Waals surface area contributed by atoms with Crippen LogP contribution in [-0.4, -0.2) is 36.0 Å². The summed E-state index contributed by atoms with van der Waals surface area (Å²) in [5.41, 5.74) is -5.82. The van der Waals surface area contributed by atoms with Crippen molar-refractivity contribution >= 4 is 11.9 Å². The predicted octanol–water partition coefficient (Wildman–Crippen LogP) is 1.12. The van der Waals surface area contributed by atoms with Gasteiger partial charge in [0.15, 0.2) is 0 Å². The average Bonchev–Trinajstić information content (AvgIpc) is 2.35. The van der Waals surface area contributed by atoms with Crippen LogP contribution in [0.3, 0.4) is 0 Å². The summed E-state index contributed by atoms with van der Waals surface area (Å²) in [7, 11) is 0.523. The molecule has 1 amide bonds. The standard InChI is InChI=1S/C11H8F5NO4/c1-21-9(19)10(20,11(14,15)16)17-8(18)7-5(12)3-2-4-6(7)13/h2-4,20H,1H3,(H,17,18). The summed E-state index contributed by atoms with van der Waals surface area (Å²) in [6.45, 7) is 0. The summed E-state index contributed by atoms with van der Waals surface area (Å²) in [6.07, 6.45) is -5.67. The first-order valence-corrected chi connectivity index (χ1v) is 5.18. The van der Waals surface area contributed by atoms with Crippen molar-refractivity contribution in [3.8, 4) is 0 Å². The second-order valence-corrected chi connectivity index (χ2v) is 3.75. The number of rotatable bonds is 3. The molecule has 0 aliphatic rings. The Hall–Kier alpha value is -2.23. The summed E-state index contributed by atoms with van der Waals surface area (Å²) < 4.78 is 68.3. The van der Waals surface area contributed by atoms with Gasteiger partial charge >= 0.3 is 17.9 Å². The highest BCUT2D eigenvalue weighted by molar-refractivity contribution is 5.98. The van der Waals surface area contributed by atoms with Crippen molar-refractivity contribution < 1.29 is 41.4 Å². The minimum absolute atomic E-state index is 0.523. The second-order valence-electron chi connectivity index (χ2n) is 3.75. The third kappa shape index (κ3) is 3.10. The number of aliphatic hydroxyl groups is 1. The molecule has 1 aromatic carbocycles. The number of benzene rings is 1. The van der Waals surface area contributed by atoms with Gasteiger partial charge in [0.2, 0.25) is 0 Å². The lowest BCUT2D eigenvalue weighted by molar-refractivity contribution is -0.268. The number of carbonyl (C=O) groups excluding carboxylic acids is 2. The van der Waals surface area contributed by atoms with Crippen LogP contribution in [0.2, 0.25) is 0 Å². The molecular weight excluding hydrogens is 305 g/mol. The minimum Gasteiger partial charge on any atom is -0.465 e. The lowest BCUT2D eigenvalue weighted by Crippen LogP contribution is -2.64. The fourth-order valence-corrected chi connectivity index (χ4v) is 1.33. The normalized spacial score (nSPS) is 14.2. The Labute approximate surface area is 114 Å². The summed E-state index contributed by atoms with van der Waals surface area (Å²) in [6, 6.07) is 2.10. The van der Waals surface area contributed by atoms with E-state index in [0.29, 0.717) is 19.2 Å². The van der Waals surface area contributed by atoms with Gasteiger partial charge in [0, 0.05) is 0 Å². The number of alkyl halides is 3. The van der Waals surface area contributed by atoms with E-state index < -0.39 is 41.0 Å². The lowest BCUT2D eigenvalue weighted by Gasteiger charge is -2.28. The number of halogens is 5. The minimum atomic E-state index is -5.67. The Morgan fingerprint density at radius 2 is 1.67 bits per heavy atom. The number of nitrogens with one attached hydrogen (secondary N) is 1. The number of esters is 1. The molecule has 10 heteroatoms. The number of hydrogen-bond donors (Lipinski definition) is 2. The molecule has 0 saturated carbocycles. The topological polar surface area (TPSA) is 75.6 Å². The molecule has 2 N–H and O–H groups in total. The number of ether oxygens (including phenoxy) is 1. The fraction of sp³-hybridized carbons (Fsp3) is 0.273. The zero-order valence-electron chi connectivity index (χ0n) is 10.3. The van der Waals surface area contributed by atoms with Crippen LogP contribution in [0.25, 0.3) is 0 Å². The second kappa shape index (κ2) is 5.64. The van der Waals surface area contributed by atoms with Crippen molar-refractivity contribution in [2.75, 3.05) is 7.11 Å². The molecule has 1 unspecified atom stereocenters. The van der Waals surface area contributed by atoms with E-state index in [1.807, 2.05) is 0 Å². The van der Waals surface area contributed by atoms with Gasteiger partial charge in [-0.1, -0.05) is 6.07 Å². The average molecular weight is 313 g/mol. The lowest BCUT2D eigenvalue weighted by atomic mass is 10.1. The number of methoxy groups -OCH3 is 1. The highest BCUT2D eigenvalue weighted by Crippen LogP contribution is 2.30. The van der Waals surface area contributed by atoms with E-state index in [1.165, 1.54) is 0 Å². The SMILES string of the molecule is COC(=O)C(O)(NC(=O)c1c(F)cccc1F)C(F)(F)F. The van der Waals surface area contributed by atoms with Crippen LogP contribution in [-0.2, 0) is 9.53 Å². The van der Waals surface area contributed by atoms with Gasteiger partial charge in [-0.15, -0.1) is 0 Å². The molecule has 116 valence electrons. The van der Waals surface area contributed by atoms with E-state index in [-0.39, 0.29) is 0 Å². The quantitative estimate of drug-likeness (QED) is 0.498. The van der Waals surface area contributed by atoms with Crippen LogP contribution in [0.1, 0.15) is 10.4 Å². The van der Waals surface area contributed by atoms with E-state index in [0.717, 1.165) is 11.4 Å². The molecule has 0 aliphatic heterocycles. The van der Waals surface area contributed by atoms with Gasteiger partial charge < -0.3 is 15.2 Å². The van der Waals surface area contributed by atoms with Crippen LogP contribution < -0.4 is 5.32 Å². The van der Waals surface area contributed by atoms with Gasteiger partial charge in [-0.05, 0) is 12.1 Å². The fourth-order valence-electron chi connectivity index (χ4n) is 1.33. The highest BCUT2D eigenvalue weighted by Gasteiger charge is 2.62. The molecule has 1 rings (SSSR count). The largest absolute Gasteiger partial charge is 0.465 e. The number of carbonyl (C=O) groups is 2. The summed E-state index contributed by atoms with van der Waals surface area (Å²) in [5, 5.41) is 10.1. The smallest absolute Gasteiger partial charge is 0.448 e. The Kier molecular flexibility index (Phi) is 4.52. The first kappa shape index (κ1) is 16.8. The zero-order valence-corrected chi connectivity index (χ0v) is 10.3. The third-order valence-corrected chi connectivity index (χ3v) is 2.38. The van der Waals surface area contributed by atoms with Crippen molar-refractivity contribution in [2.45, 2.75) is 11.9 Å². The van der Waals surface area contributed by atoms with Gasteiger partial charge in [0.05, 0.1) is 7.11 Å². The Balaban J connectivity index is 3.23. The van der Waals surface area contributed by atoms with Gasteiger partial charge in [0.25, 0.3) is 5.91 Å². The Morgan fingerprint density at radius 3 is 2.05 bits per heavy atom. The van der Waals surface area contributed by atoms with Gasteiger partial charge in [-0.25, -0.2) is 13.6 Å². The predicted molar refractivity (Wildman–Crippen MR) is 56.8 cm³/mol. The zero-order chi connectivity index (χ0) is 16.4.